The van der Waals surface area contributed by atoms with E-state index in [-0.39, 0.29) is 5.92 Å². The van der Waals surface area contributed by atoms with Crippen molar-refractivity contribution in [1.82, 2.24) is 0 Å². The minimum Gasteiger partial charge on any atom is -0.378 e. The Morgan fingerprint density at radius 3 is 2.21 bits per heavy atom. The second-order valence-corrected chi connectivity index (χ2v) is 7.54. The molecule has 2 saturated heterocycles. The number of fused-ring (bicyclic) bond motifs is 2. The fourth-order valence-corrected chi connectivity index (χ4v) is 5.01. The van der Waals surface area contributed by atoms with E-state index in [2.05, 4.69) is 16.7 Å². The molecule has 0 aromatic heterocycles. The largest absolute Gasteiger partial charge is 0.378 e. The zero-order chi connectivity index (χ0) is 13.4. The van der Waals surface area contributed by atoms with Gasteiger partial charge in [-0.2, -0.15) is 11.8 Å². The first-order chi connectivity index (χ1) is 9.13. The van der Waals surface area contributed by atoms with Gasteiger partial charge in [-0.1, -0.05) is 0 Å². The third-order valence-electron chi connectivity index (χ3n) is 4.33. The van der Waals surface area contributed by atoms with Crippen molar-refractivity contribution in [1.29, 1.82) is 0 Å². The van der Waals surface area contributed by atoms with E-state index in [9.17, 15) is 4.79 Å². The molecule has 2 bridgehead atoms. The van der Waals surface area contributed by atoms with Crippen LogP contribution in [0.5, 0.6) is 0 Å². The van der Waals surface area contributed by atoms with Crippen LogP contribution in [0.1, 0.15) is 36.0 Å². The van der Waals surface area contributed by atoms with Crippen LogP contribution < -0.4 is 4.90 Å². The van der Waals surface area contributed by atoms with E-state index >= 15 is 0 Å². The summed E-state index contributed by atoms with van der Waals surface area (Å²) in [5, 5.41) is 1.49. The van der Waals surface area contributed by atoms with Gasteiger partial charge in [0.1, 0.15) is 0 Å². The molecule has 3 heteroatoms. The summed E-state index contributed by atoms with van der Waals surface area (Å²) < 4.78 is 0. The van der Waals surface area contributed by atoms with Gasteiger partial charge in [0.15, 0.2) is 5.78 Å². The Hall–Kier alpha value is -0.960. The van der Waals surface area contributed by atoms with Crippen molar-refractivity contribution >= 4 is 23.2 Å². The van der Waals surface area contributed by atoms with Crippen LogP contribution in [-0.2, 0) is 0 Å². The molecule has 2 heterocycles. The lowest BCUT2D eigenvalue weighted by Gasteiger charge is -2.26. The van der Waals surface area contributed by atoms with Crippen LogP contribution >= 0.6 is 11.8 Å². The number of carbonyl (C=O) groups excluding carboxylic acids is 1. The van der Waals surface area contributed by atoms with Crippen LogP contribution in [-0.4, -0.2) is 30.4 Å². The fraction of sp³-hybridized carbons (Fsp3) is 0.562. The van der Waals surface area contributed by atoms with Gasteiger partial charge in [0.2, 0.25) is 0 Å². The zero-order valence-corrected chi connectivity index (χ0v) is 12.5. The summed E-state index contributed by atoms with van der Waals surface area (Å²) in [6, 6.07) is 8.06. The number of hydrogen-bond donors (Lipinski definition) is 0. The topological polar surface area (TPSA) is 20.3 Å². The summed E-state index contributed by atoms with van der Waals surface area (Å²) in [4.78, 5) is 14.6. The molecule has 1 aromatic rings. The minimum absolute atomic E-state index is 0.268. The van der Waals surface area contributed by atoms with Gasteiger partial charge in [-0.05, 0) is 49.9 Å². The Bertz CT molecular complexity index is 456. The SMILES string of the molecule is CN(C)c1ccc(C(=O)C2CC3CCC(C2)S3)cc1. The van der Waals surface area contributed by atoms with Crippen molar-refractivity contribution in [2.45, 2.75) is 36.2 Å². The molecule has 19 heavy (non-hydrogen) atoms. The molecular weight excluding hydrogens is 254 g/mol. The highest BCUT2D eigenvalue weighted by Crippen LogP contribution is 2.46. The van der Waals surface area contributed by atoms with Crippen LogP contribution in [0.25, 0.3) is 0 Å². The maximum absolute atomic E-state index is 12.6. The van der Waals surface area contributed by atoms with Gasteiger partial charge < -0.3 is 4.90 Å². The van der Waals surface area contributed by atoms with Gasteiger partial charge in [-0.15, -0.1) is 0 Å². The van der Waals surface area contributed by atoms with E-state index in [1.165, 1.54) is 12.8 Å². The van der Waals surface area contributed by atoms with Crippen molar-refractivity contribution in [3.8, 4) is 0 Å². The van der Waals surface area contributed by atoms with Crippen molar-refractivity contribution in [3.05, 3.63) is 29.8 Å². The Labute approximate surface area is 119 Å². The third kappa shape index (κ3) is 2.66. The lowest BCUT2D eigenvalue weighted by molar-refractivity contribution is 0.0907. The highest BCUT2D eigenvalue weighted by atomic mass is 32.2. The highest BCUT2D eigenvalue weighted by Gasteiger charge is 2.37. The average Bonchev–Trinajstić information content (AvgIpc) is 2.76. The lowest BCUT2D eigenvalue weighted by Crippen LogP contribution is -2.24. The predicted octanol–water partition coefficient (Wildman–Crippen LogP) is 3.61. The molecule has 0 N–H and O–H groups in total. The first-order valence-electron chi connectivity index (χ1n) is 7.10. The average molecular weight is 275 g/mol. The number of carbonyl (C=O) groups is 1. The van der Waals surface area contributed by atoms with Gasteiger partial charge in [0.25, 0.3) is 0 Å². The summed E-state index contributed by atoms with van der Waals surface area (Å²) in [6.45, 7) is 0. The molecule has 2 fully saturated rings. The molecule has 3 rings (SSSR count). The standard InChI is InChI=1S/C16H21NOS/c1-17(2)13-5-3-11(4-6-13)16(18)12-9-14-7-8-15(10-12)19-14/h3-6,12,14-15H,7-10H2,1-2H3. The van der Waals surface area contributed by atoms with E-state index in [1.807, 2.05) is 38.4 Å². The van der Waals surface area contributed by atoms with Crippen molar-refractivity contribution < 1.29 is 4.79 Å². The fourth-order valence-electron chi connectivity index (χ4n) is 3.23. The molecule has 0 saturated carbocycles. The molecule has 102 valence electrons. The zero-order valence-electron chi connectivity index (χ0n) is 11.6. The van der Waals surface area contributed by atoms with Crippen LogP contribution in [0.4, 0.5) is 5.69 Å². The maximum atomic E-state index is 12.6. The molecule has 0 spiro atoms. The predicted molar refractivity (Wildman–Crippen MR) is 82.2 cm³/mol. The van der Waals surface area contributed by atoms with E-state index in [4.69, 9.17) is 0 Å². The third-order valence-corrected chi connectivity index (χ3v) is 5.96. The normalized spacial score (nSPS) is 29.3. The van der Waals surface area contributed by atoms with E-state index < -0.39 is 0 Å². The number of hydrogen-bond acceptors (Lipinski definition) is 3. The van der Waals surface area contributed by atoms with Crippen LogP contribution in [0, 0.1) is 5.92 Å². The molecule has 0 aliphatic carbocycles. The number of anilines is 1. The molecule has 2 aliphatic heterocycles. The highest BCUT2D eigenvalue weighted by molar-refractivity contribution is 8.00. The number of rotatable bonds is 3. The minimum atomic E-state index is 0.268. The Kier molecular flexibility index (Phi) is 3.57. The summed E-state index contributed by atoms with van der Waals surface area (Å²) in [6.07, 6.45) is 4.82. The number of ketones is 1. The number of benzene rings is 1. The van der Waals surface area contributed by atoms with Crippen LogP contribution in [0.15, 0.2) is 24.3 Å². The summed E-state index contributed by atoms with van der Waals surface area (Å²) in [7, 11) is 4.04. The molecule has 2 nitrogen and oxygen atoms in total. The first kappa shape index (κ1) is 13.0. The smallest absolute Gasteiger partial charge is 0.166 e. The van der Waals surface area contributed by atoms with Crippen LogP contribution in [0.3, 0.4) is 0 Å². The Morgan fingerprint density at radius 1 is 1.11 bits per heavy atom. The molecule has 0 radical (unpaired) electrons. The van der Waals surface area contributed by atoms with E-state index in [0.717, 1.165) is 34.6 Å². The van der Waals surface area contributed by atoms with Crippen molar-refractivity contribution in [3.63, 3.8) is 0 Å². The molecule has 2 atom stereocenters. The molecule has 0 amide bonds. The second kappa shape index (κ2) is 5.20. The van der Waals surface area contributed by atoms with Gasteiger partial charge in [0, 0.05) is 41.8 Å². The number of Topliss-reactive ketones (excluding diaryl/α,β-unsaturated/α-hetero) is 1. The molecular formula is C16H21NOS. The Balaban J connectivity index is 1.73. The van der Waals surface area contributed by atoms with E-state index in [1.54, 1.807) is 0 Å². The monoisotopic (exact) mass is 275 g/mol. The summed E-state index contributed by atoms with van der Waals surface area (Å²) in [5.41, 5.74) is 2.04. The van der Waals surface area contributed by atoms with Gasteiger partial charge in [0.05, 0.1) is 0 Å². The maximum Gasteiger partial charge on any atom is 0.166 e. The quantitative estimate of drug-likeness (QED) is 0.786. The van der Waals surface area contributed by atoms with Crippen molar-refractivity contribution in [2.24, 2.45) is 5.92 Å². The van der Waals surface area contributed by atoms with Crippen molar-refractivity contribution in [2.75, 3.05) is 19.0 Å². The number of thioether (sulfide) groups is 1. The van der Waals surface area contributed by atoms with Crippen LogP contribution in [0.2, 0.25) is 0 Å². The summed E-state index contributed by atoms with van der Waals surface area (Å²) >= 11 is 2.12. The molecule has 2 aliphatic rings. The van der Waals surface area contributed by atoms with Gasteiger partial charge >= 0.3 is 0 Å². The lowest BCUT2D eigenvalue weighted by atomic mass is 9.90. The first-order valence-corrected chi connectivity index (χ1v) is 8.05. The number of nitrogens with zero attached hydrogens (tertiary/aromatic N) is 1. The molecule has 1 aromatic carbocycles. The van der Waals surface area contributed by atoms with Gasteiger partial charge in [-0.25, -0.2) is 0 Å². The Morgan fingerprint density at radius 2 is 1.68 bits per heavy atom. The second-order valence-electron chi connectivity index (χ2n) is 5.93. The summed E-state index contributed by atoms with van der Waals surface area (Å²) in [5.74, 6) is 0.631. The van der Waals surface area contributed by atoms with E-state index in [0.29, 0.717) is 5.78 Å². The van der Waals surface area contributed by atoms with Gasteiger partial charge in [-0.3, -0.25) is 4.79 Å². The molecule has 2 unspecified atom stereocenters.